The molecule has 0 saturated carbocycles. The SMILES string of the molecule is COCCCOc1nc(NN)nc(N(C)C)n1. The number of hydrogen-bond donors (Lipinski definition) is 2. The van der Waals surface area contributed by atoms with Crippen molar-refractivity contribution in [1.29, 1.82) is 0 Å². The molecule has 1 heterocycles. The molecular weight excluding hydrogens is 224 g/mol. The highest BCUT2D eigenvalue weighted by Crippen LogP contribution is 2.12. The van der Waals surface area contributed by atoms with Gasteiger partial charge in [0.25, 0.3) is 0 Å². The van der Waals surface area contributed by atoms with Crippen LogP contribution in [0.1, 0.15) is 6.42 Å². The number of aromatic nitrogens is 3. The Labute approximate surface area is 100 Å². The van der Waals surface area contributed by atoms with E-state index in [-0.39, 0.29) is 12.0 Å². The maximum absolute atomic E-state index is 5.38. The summed E-state index contributed by atoms with van der Waals surface area (Å²) in [5.41, 5.74) is 2.37. The second kappa shape index (κ2) is 6.81. The van der Waals surface area contributed by atoms with Crippen molar-refractivity contribution in [2.24, 2.45) is 5.84 Å². The summed E-state index contributed by atoms with van der Waals surface area (Å²) in [6, 6.07) is 0.243. The molecule has 0 radical (unpaired) electrons. The maximum atomic E-state index is 5.38. The van der Waals surface area contributed by atoms with E-state index in [0.29, 0.717) is 19.2 Å². The molecule has 0 unspecified atom stereocenters. The molecule has 0 spiro atoms. The minimum Gasteiger partial charge on any atom is -0.463 e. The number of methoxy groups -OCH3 is 1. The maximum Gasteiger partial charge on any atom is 0.323 e. The summed E-state index contributed by atoms with van der Waals surface area (Å²) < 4.78 is 10.3. The van der Waals surface area contributed by atoms with Gasteiger partial charge in [-0.2, -0.15) is 15.0 Å². The van der Waals surface area contributed by atoms with E-state index in [1.165, 1.54) is 0 Å². The molecule has 0 aliphatic heterocycles. The van der Waals surface area contributed by atoms with Gasteiger partial charge in [0.1, 0.15) is 0 Å². The zero-order valence-electron chi connectivity index (χ0n) is 10.3. The van der Waals surface area contributed by atoms with Crippen LogP contribution >= 0.6 is 0 Å². The third kappa shape index (κ3) is 4.37. The number of rotatable bonds is 7. The molecule has 3 N–H and O–H groups in total. The van der Waals surface area contributed by atoms with E-state index >= 15 is 0 Å². The van der Waals surface area contributed by atoms with Crippen LogP contribution in [0.2, 0.25) is 0 Å². The van der Waals surface area contributed by atoms with Gasteiger partial charge in [-0.1, -0.05) is 0 Å². The van der Waals surface area contributed by atoms with Crippen LogP contribution in [0.15, 0.2) is 0 Å². The van der Waals surface area contributed by atoms with E-state index in [1.54, 1.807) is 12.0 Å². The van der Waals surface area contributed by atoms with Gasteiger partial charge in [-0.05, 0) is 0 Å². The van der Waals surface area contributed by atoms with Crippen molar-refractivity contribution >= 4 is 11.9 Å². The van der Waals surface area contributed by atoms with Crippen molar-refractivity contribution in [1.82, 2.24) is 15.0 Å². The zero-order valence-corrected chi connectivity index (χ0v) is 10.3. The van der Waals surface area contributed by atoms with Gasteiger partial charge < -0.3 is 14.4 Å². The predicted octanol–water partition coefficient (Wildman–Crippen LogP) is -0.361. The van der Waals surface area contributed by atoms with Gasteiger partial charge in [-0.3, -0.25) is 5.43 Å². The van der Waals surface area contributed by atoms with Crippen molar-refractivity contribution in [3.05, 3.63) is 0 Å². The summed E-state index contributed by atoms with van der Waals surface area (Å²) in [6.45, 7) is 1.11. The lowest BCUT2D eigenvalue weighted by Gasteiger charge is -2.12. The topological polar surface area (TPSA) is 98.4 Å². The summed E-state index contributed by atoms with van der Waals surface area (Å²) in [6.07, 6.45) is 0.769. The molecule has 1 aromatic heterocycles. The molecule has 8 heteroatoms. The summed E-state index contributed by atoms with van der Waals surface area (Å²) in [5, 5.41) is 0. The Hall–Kier alpha value is -1.67. The van der Waals surface area contributed by atoms with Gasteiger partial charge in [0.2, 0.25) is 11.9 Å². The third-order valence-electron chi connectivity index (χ3n) is 1.86. The summed E-state index contributed by atoms with van der Waals surface area (Å²) in [7, 11) is 5.29. The lowest BCUT2D eigenvalue weighted by Crippen LogP contribution is -2.18. The van der Waals surface area contributed by atoms with Crippen LogP contribution in [0.25, 0.3) is 0 Å². The number of anilines is 2. The molecule has 1 rings (SSSR count). The van der Waals surface area contributed by atoms with Crippen molar-refractivity contribution in [2.45, 2.75) is 6.42 Å². The molecule has 0 bridgehead atoms. The van der Waals surface area contributed by atoms with E-state index < -0.39 is 0 Å². The van der Waals surface area contributed by atoms with Crippen LogP contribution in [0, 0.1) is 0 Å². The number of hydrogen-bond acceptors (Lipinski definition) is 8. The Kier molecular flexibility index (Phi) is 5.37. The van der Waals surface area contributed by atoms with Gasteiger partial charge in [0, 0.05) is 34.2 Å². The number of hydrazine groups is 1. The second-order valence-electron chi connectivity index (χ2n) is 3.48. The van der Waals surface area contributed by atoms with E-state index in [2.05, 4.69) is 20.4 Å². The standard InChI is InChI=1S/C9H18N6O2/c1-15(2)8-11-7(14-10)12-9(13-8)17-6-4-5-16-3/h4-6,10H2,1-3H3,(H,11,12,13,14). The number of nitrogens with zero attached hydrogens (tertiary/aromatic N) is 4. The van der Waals surface area contributed by atoms with Crippen LogP contribution < -0.4 is 20.9 Å². The monoisotopic (exact) mass is 242 g/mol. The molecule has 0 fully saturated rings. The Morgan fingerprint density at radius 1 is 1.24 bits per heavy atom. The van der Waals surface area contributed by atoms with Gasteiger partial charge in [0.15, 0.2) is 0 Å². The van der Waals surface area contributed by atoms with E-state index in [4.69, 9.17) is 15.3 Å². The Bertz CT molecular complexity index is 346. The van der Waals surface area contributed by atoms with Crippen molar-refractivity contribution < 1.29 is 9.47 Å². The molecule has 0 aliphatic rings. The molecule has 96 valence electrons. The third-order valence-corrected chi connectivity index (χ3v) is 1.86. The Morgan fingerprint density at radius 3 is 2.59 bits per heavy atom. The summed E-state index contributed by atoms with van der Waals surface area (Å²) in [5.74, 6) is 6.02. The highest BCUT2D eigenvalue weighted by Gasteiger charge is 2.08. The van der Waals surface area contributed by atoms with Crippen molar-refractivity contribution in [3.63, 3.8) is 0 Å². The predicted molar refractivity (Wildman–Crippen MR) is 64.0 cm³/mol. The first-order valence-corrected chi connectivity index (χ1v) is 5.19. The smallest absolute Gasteiger partial charge is 0.323 e. The lowest BCUT2D eigenvalue weighted by molar-refractivity contribution is 0.168. The fraction of sp³-hybridized carbons (Fsp3) is 0.667. The zero-order chi connectivity index (χ0) is 12.7. The van der Waals surface area contributed by atoms with E-state index in [9.17, 15) is 0 Å². The molecule has 0 saturated heterocycles. The average Bonchev–Trinajstić information content (AvgIpc) is 2.34. The van der Waals surface area contributed by atoms with Crippen LogP contribution in [0.3, 0.4) is 0 Å². The van der Waals surface area contributed by atoms with Gasteiger partial charge in [0.05, 0.1) is 6.61 Å². The fourth-order valence-electron chi connectivity index (χ4n) is 1.04. The first kappa shape index (κ1) is 13.4. The largest absolute Gasteiger partial charge is 0.463 e. The van der Waals surface area contributed by atoms with Crippen LogP contribution in [-0.4, -0.2) is 49.4 Å². The van der Waals surface area contributed by atoms with Gasteiger partial charge >= 0.3 is 6.01 Å². The van der Waals surface area contributed by atoms with Gasteiger partial charge in [-0.15, -0.1) is 0 Å². The molecule has 17 heavy (non-hydrogen) atoms. The normalized spacial score (nSPS) is 10.1. The molecule has 0 aliphatic carbocycles. The quantitative estimate of drug-likeness (QED) is 0.380. The van der Waals surface area contributed by atoms with Crippen molar-refractivity contribution in [2.75, 3.05) is 44.7 Å². The average molecular weight is 242 g/mol. The molecule has 1 aromatic rings. The summed E-state index contributed by atoms with van der Waals surface area (Å²) in [4.78, 5) is 13.9. The Morgan fingerprint density at radius 2 is 2.00 bits per heavy atom. The second-order valence-corrected chi connectivity index (χ2v) is 3.48. The number of nitrogens with one attached hydrogen (secondary N) is 1. The van der Waals surface area contributed by atoms with E-state index in [0.717, 1.165) is 6.42 Å². The fourth-order valence-corrected chi connectivity index (χ4v) is 1.04. The minimum atomic E-state index is 0.243. The number of nitrogens with two attached hydrogens (primary N) is 1. The first-order chi connectivity index (χ1) is 8.17. The van der Waals surface area contributed by atoms with Gasteiger partial charge in [-0.25, -0.2) is 5.84 Å². The molecule has 0 aromatic carbocycles. The molecule has 0 atom stereocenters. The van der Waals surface area contributed by atoms with Crippen LogP contribution in [-0.2, 0) is 4.74 Å². The number of ether oxygens (including phenoxy) is 2. The number of nitrogen functional groups attached to an aromatic ring is 1. The first-order valence-electron chi connectivity index (χ1n) is 5.19. The lowest BCUT2D eigenvalue weighted by atomic mass is 10.5. The molecular formula is C9H18N6O2. The van der Waals surface area contributed by atoms with Crippen LogP contribution in [0.4, 0.5) is 11.9 Å². The van der Waals surface area contributed by atoms with Crippen molar-refractivity contribution in [3.8, 4) is 6.01 Å². The highest BCUT2D eigenvalue weighted by atomic mass is 16.5. The van der Waals surface area contributed by atoms with E-state index in [1.807, 2.05) is 14.1 Å². The Balaban J connectivity index is 2.66. The summed E-state index contributed by atoms with van der Waals surface area (Å²) >= 11 is 0. The molecule has 8 nitrogen and oxygen atoms in total. The minimum absolute atomic E-state index is 0.243. The van der Waals surface area contributed by atoms with Crippen LogP contribution in [0.5, 0.6) is 6.01 Å². The molecule has 0 amide bonds. The highest BCUT2D eigenvalue weighted by molar-refractivity contribution is 5.35.